The fourth-order valence-electron chi connectivity index (χ4n) is 1.99. The van der Waals surface area contributed by atoms with Gasteiger partial charge in [0.1, 0.15) is 5.76 Å². The number of benzene rings is 1. The third-order valence-corrected chi connectivity index (χ3v) is 3.06. The predicted octanol–water partition coefficient (Wildman–Crippen LogP) is 4.05. The lowest BCUT2D eigenvalue weighted by Crippen LogP contribution is -1.93. The zero-order chi connectivity index (χ0) is 13.2. The molecule has 0 N–H and O–H groups in total. The second kappa shape index (κ2) is 4.90. The van der Waals surface area contributed by atoms with E-state index in [1.54, 1.807) is 18.3 Å². The highest BCUT2D eigenvalue weighted by Crippen LogP contribution is 2.21. The predicted molar refractivity (Wildman–Crippen MR) is 76.4 cm³/mol. The highest BCUT2D eigenvalue weighted by molar-refractivity contribution is 6.28. The van der Waals surface area contributed by atoms with Crippen LogP contribution >= 0.6 is 11.6 Å². The summed E-state index contributed by atoms with van der Waals surface area (Å²) in [6.07, 6.45) is 1.62. The van der Waals surface area contributed by atoms with Crippen LogP contribution < -0.4 is 0 Å². The van der Waals surface area contributed by atoms with Crippen molar-refractivity contribution in [3.63, 3.8) is 0 Å². The van der Waals surface area contributed by atoms with Gasteiger partial charge in [-0.15, -0.1) is 0 Å². The van der Waals surface area contributed by atoms with Crippen molar-refractivity contribution in [2.75, 3.05) is 0 Å². The summed E-state index contributed by atoms with van der Waals surface area (Å²) in [6.45, 7) is 2.88. The second-order valence-electron chi connectivity index (χ2n) is 4.04. The van der Waals surface area contributed by atoms with E-state index in [-0.39, 0.29) is 0 Å². The number of hydrogen-bond donors (Lipinski definition) is 0. The molecule has 5 heteroatoms. The summed E-state index contributed by atoms with van der Waals surface area (Å²) in [5, 5.41) is 0.352. The van der Waals surface area contributed by atoms with Gasteiger partial charge in [0.25, 0.3) is 0 Å². The third kappa shape index (κ3) is 2.27. The largest absolute Gasteiger partial charge is 0.444 e. The van der Waals surface area contributed by atoms with Crippen LogP contribution in [0.1, 0.15) is 12.7 Å². The van der Waals surface area contributed by atoms with Crippen LogP contribution in [0.4, 0.5) is 5.95 Å². The van der Waals surface area contributed by atoms with Gasteiger partial charge in [-0.25, -0.2) is 9.98 Å². The zero-order valence-electron chi connectivity index (χ0n) is 10.4. The fourth-order valence-corrected chi connectivity index (χ4v) is 2.14. The molecule has 1 aromatic carbocycles. The maximum Gasteiger partial charge on any atom is 0.230 e. The normalized spacial score (nSPS) is 11.7. The van der Waals surface area contributed by atoms with Gasteiger partial charge < -0.3 is 8.98 Å². The number of para-hydroxylation sites is 2. The van der Waals surface area contributed by atoms with Gasteiger partial charge in [-0.1, -0.05) is 12.1 Å². The third-order valence-electron chi connectivity index (χ3n) is 2.85. The van der Waals surface area contributed by atoms with Crippen LogP contribution in [-0.4, -0.2) is 15.8 Å². The van der Waals surface area contributed by atoms with Crippen LogP contribution in [0.25, 0.3) is 11.0 Å². The summed E-state index contributed by atoms with van der Waals surface area (Å²) < 4.78 is 7.28. The highest BCUT2D eigenvalue weighted by atomic mass is 35.5. The minimum absolute atomic E-state index is 0.352. The molecule has 2 aromatic heterocycles. The van der Waals surface area contributed by atoms with E-state index in [4.69, 9.17) is 16.0 Å². The minimum atomic E-state index is 0.352. The Morgan fingerprint density at radius 2 is 2.16 bits per heavy atom. The van der Waals surface area contributed by atoms with Crippen molar-refractivity contribution in [3.05, 3.63) is 47.4 Å². The highest BCUT2D eigenvalue weighted by Gasteiger charge is 2.07. The number of fused-ring (bicyclic) bond motifs is 1. The van der Waals surface area contributed by atoms with E-state index in [0.717, 1.165) is 17.6 Å². The van der Waals surface area contributed by atoms with E-state index in [1.165, 1.54) is 0 Å². The van der Waals surface area contributed by atoms with E-state index in [9.17, 15) is 0 Å². The van der Waals surface area contributed by atoms with Crippen molar-refractivity contribution in [2.24, 2.45) is 4.99 Å². The first-order chi connectivity index (χ1) is 9.28. The number of imidazole rings is 1. The molecule has 0 aliphatic rings. The van der Waals surface area contributed by atoms with Crippen molar-refractivity contribution in [1.82, 2.24) is 9.55 Å². The van der Waals surface area contributed by atoms with Gasteiger partial charge >= 0.3 is 0 Å². The Kier molecular flexibility index (Phi) is 3.09. The van der Waals surface area contributed by atoms with Crippen molar-refractivity contribution < 1.29 is 4.42 Å². The van der Waals surface area contributed by atoms with E-state index < -0.39 is 0 Å². The maximum atomic E-state index is 5.72. The number of hydrogen-bond acceptors (Lipinski definition) is 3. The SMILES string of the molecule is CCn1c(N=Cc2ccc(Cl)o2)nc2ccccc21. The van der Waals surface area contributed by atoms with Crippen molar-refractivity contribution in [2.45, 2.75) is 13.5 Å². The van der Waals surface area contributed by atoms with Gasteiger partial charge in [0.15, 0.2) is 5.22 Å². The number of rotatable bonds is 3. The Morgan fingerprint density at radius 1 is 1.32 bits per heavy atom. The molecule has 3 aromatic rings. The molecule has 96 valence electrons. The molecule has 3 rings (SSSR count). The number of aryl methyl sites for hydroxylation is 1. The van der Waals surface area contributed by atoms with Crippen LogP contribution in [0, 0.1) is 0 Å². The Morgan fingerprint density at radius 3 is 2.89 bits per heavy atom. The van der Waals surface area contributed by atoms with Gasteiger partial charge in [-0.05, 0) is 42.8 Å². The number of halogens is 1. The lowest BCUT2D eigenvalue weighted by molar-refractivity contribution is 0.562. The Hall–Kier alpha value is -2.07. The monoisotopic (exact) mass is 273 g/mol. The summed E-state index contributed by atoms with van der Waals surface area (Å²) in [5.41, 5.74) is 2.02. The molecule has 0 spiro atoms. The molecule has 0 saturated carbocycles. The molecule has 0 aliphatic heterocycles. The molecule has 4 nitrogen and oxygen atoms in total. The molecule has 2 heterocycles. The van der Waals surface area contributed by atoms with Crippen LogP contribution in [0.3, 0.4) is 0 Å². The maximum absolute atomic E-state index is 5.72. The van der Waals surface area contributed by atoms with E-state index >= 15 is 0 Å². The topological polar surface area (TPSA) is 43.3 Å². The quantitative estimate of drug-likeness (QED) is 0.676. The molecule has 0 aliphatic carbocycles. The van der Waals surface area contributed by atoms with E-state index in [0.29, 0.717) is 16.9 Å². The van der Waals surface area contributed by atoms with Crippen LogP contribution in [0.5, 0.6) is 0 Å². The first-order valence-corrected chi connectivity index (χ1v) is 6.40. The lowest BCUT2D eigenvalue weighted by Gasteiger charge is -2.00. The molecular weight excluding hydrogens is 262 g/mol. The van der Waals surface area contributed by atoms with Gasteiger partial charge in [-0.3, -0.25) is 0 Å². The average molecular weight is 274 g/mol. The molecule has 0 saturated heterocycles. The van der Waals surface area contributed by atoms with Crippen molar-refractivity contribution in [1.29, 1.82) is 0 Å². The van der Waals surface area contributed by atoms with Gasteiger partial charge in [0.05, 0.1) is 17.2 Å². The molecule has 0 radical (unpaired) electrons. The summed E-state index contributed by atoms with van der Waals surface area (Å²) in [5.74, 6) is 1.27. The van der Waals surface area contributed by atoms with Crippen LogP contribution in [0.2, 0.25) is 5.22 Å². The van der Waals surface area contributed by atoms with Crippen LogP contribution in [0.15, 0.2) is 45.8 Å². The van der Waals surface area contributed by atoms with Crippen LogP contribution in [-0.2, 0) is 6.54 Å². The number of aromatic nitrogens is 2. The zero-order valence-corrected chi connectivity index (χ0v) is 11.1. The first-order valence-electron chi connectivity index (χ1n) is 6.02. The second-order valence-corrected chi connectivity index (χ2v) is 4.42. The molecular formula is C14H12ClN3O. The van der Waals surface area contributed by atoms with E-state index in [2.05, 4.69) is 21.5 Å². The van der Waals surface area contributed by atoms with Gasteiger partial charge in [-0.2, -0.15) is 0 Å². The number of aliphatic imine (C=N–C) groups is 1. The average Bonchev–Trinajstić information content (AvgIpc) is 2.99. The van der Waals surface area contributed by atoms with Crippen molar-refractivity contribution >= 4 is 34.8 Å². The van der Waals surface area contributed by atoms with Gasteiger partial charge in [0.2, 0.25) is 5.95 Å². The molecule has 19 heavy (non-hydrogen) atoms. The lowest BCUT2D eigenvalue weighted by atomic mass is 10.3. The van der Waals surface area contributed by atoms with E-state index in [1.807, 2.05) is 24.3 Å². The Labute approximate surface area is 115 Å². The molecule has 0 bridgehead atoms. The standard InChI is InChI=1S/C14H12ClN3O/c1-2-18-12-6-4-3-5-11(12)17-14(18)16-9-10-7-8-13(15)19-10/h3-9H,2H2,1H3. The Balaban J connectivity index is 2.02. The van der Waals surface area contributed by atoms with Crippen molar-refractivity contribution in [3.8, 4) is 0 Å². The fraction of sp³-hybridized carbons (Fsp3) is 0.143. The smallest absolute Gasteiger partial charge is 0.230 e. The summed E-state index contributed by atoms with van der Waals surface area (Å²) in [4.78, 5) is 8.87. The first kappa shape index (κ1) is 12.0. The number of furan rings is 1. The summed E-state index contributed by atoms with van der Waals surface area (Å²) in [7, 11) is 0. The Bertz CT molecular complexity index is 742. The minimum Gasteiger partial charge on any atom is -0.444 e. The molecule has 0 amide bonds. The molecule has 0 fully saturated rings. The summed E-state index contributed by atoms with van der Waals surface area (Å²) >= 11 is 5.72. The molecule has 0 atom stereocenters. The van der Waals surface area contributed by atoms with Gasteiger partial charge in [0, 0.05) is 6.54 Å². The number of nitrogens with zero attached hydrogens (tertiary/aromatic N) is 3. The summed E-state index contributed by atoms with van der Waals surface area (Å²) in [6, 6.07) is 11.4. The molecule has 0 unspecified atom stereocenters.